The van der Waals surface area contributed by atoms with Gasteiger partial charge >= 0.3 is 0 Å². The lowest BCUT2D eigenvalue weighted by Crippen LogP contribution is -2.44. The monoisotopic (exact) mass is 188 g/mol. The number of hydrogen-bond acceptors (Lipinski definition) is 4. The minimum atomic E-state index is -0.285. The number of hydrogen-bond donors (Lipinski definition) is 2. The second-order valence-corrected chi connectivity index (χ2v) is 3.19. The third-order valence-corrected chi connectivity index (χ3v) is 2.10. The van der Waals surface area contributed by atoms with Crippen LogP contribution in [0.15, 0.2) is 0 Å². The first-order chi connectivity index (χ1) is 6.22. The molecule has 0 spiro atoms. The van der Waals surface area contributed by atoms with E-state index in [9.17, 15) is 4.79 Å². The van der Waals surface area contributed by atoms with Gasteiger partial charge in [-0.15, -0.1) is 0 Å². The highest BCUT2D eigenvalue weighted by Gasteiger charge is 2.19. The zero-order valence-corrected chi connectivity index (χ0v) is 7.61. The second kappa shape index (κ2) is 5.16. The average molecular weight is 188 g/mol. The van der Waals surface area contributed by atoms with Crippen LogP contribution in [0.2, 0.25) is 0 Å². The van der Waals surface area contributed by atoms with Crippen LogP contribution in [0.25, 0.3) is 0 Å². The van der Waals surface area contributed by atoms with Crippen molar-refractivity contribution in [2.45, 2.75) is 12.5 Å². The Kier molecular flexibility index (Phi) is 4.14. The average Bonchev–Trinajstić information content (AvgIpc) is 2.15. The first-order valence-corrected chi connectivity index (χ1v) is 4.45. The fourth-order valence-corrected chi connectivity index (χ4v) is 1.36. The van der Waals surface area contributed by atoms with E-state index >= 15 is 0 Å². The lowest BCUT2D eigenvalue weighted by atomic mass is 10.2. The molecule has 76 valence electrons. The molecule has 0 saturated carbocycles. The van der Waals surface area contributed by atoms with Crippen molar-refractivity contribution >= 4 is 5.91 Å². The second-order valence-electron chi connectivity index (χ2n) is 3.19. The molecule has 0 radical (unpaired) electrons. The maximum Gasteiger partial charge on any atom is 0.218 e. The fraction of sp³-hybridized carbons (Fsp3) is 0.875. The van der Waals surface area contributed by atoms with Gasteiger partial charge in [0.05, 0.1) is 19.3 Å². The molecule has 1 heterocycles. The third-order valence-electron chi connectivity index (χ3n) is 2.10. The van der Waals surface area contributed by atoms with Gasteiger partial charge in [-0.1, -0.05) is 0 Å². The number of primary amides is 1. The summed E-state index contributed by atoms with van der Waals surface area (Å²) in [6.45, 7) is 2.81. The smallest absolute Gasteiger partial charge is 0.218 e. The van der Waals surface area contributed by atoms with Crippen LogP contribution >= 0.6 is 0 Å². The number of carbonyl (C=O) groups is 1. The number of carbonyl (C=O) groups excluding carboxylic acids is 1. The molecule has 0 aliphatic carbocycles. The van der Waals surface area contributed by atoms with Gasteiger partial charge in [-0.25, -0.2) is 0 Å². The number of aliphatic hydroxyl groups excluding tert-OH is 1. The molecule has 0 aromatic carbocycles. The fourth-order valence-electron chi connectivity index (χ4n) is 1.36. The van der Waals surface area contributed by atoms with Crippen molar-refractivity contribution in [3.63, 3.8) is 0 Å². The lowest BCUT2D eigenvalue weighted by Gasteiger charge is -2.31. The standard InChI is InChI=1S/C8H16N2O3/c9-8(12)1-2-10-3-4-13-7(5-10)6-11/h7,11H,1-6H2,(H2,9,12). The van der Waals surface area contributed by atoms with E-state index in [0.717, 1.165) is 6.54 Å². The van der Waals surface area contributed by atoms with Crippen LogP contribution in [0, 0.1) is 0 Å². The molecule has 0 aromatic heterocycles. The van der Waals surface area contributed by atoms with E-state index in [1.54, 1.807) is 0 Å². The molecule has 1 amide bonds. The number of ether oxygens (including phenoxy) is 1. The Morgan fingerprint density at radius 2 is 2.46 bits per heavy atom. The molecule has 1 aliphatic heterocycles. The van der Waals surface area contributed by atoms with Crippen LogP contribution in [0.4, 0.5) is 0 Å². The number of rotatable bonds is 4. The van der Waals surface area contributed by atoms with Gasteiger partial charge in [0.25, 0.3) is 0 Å². The maximum absolute atomic E-state index is 10.5. The molecule has 1 unspecified atom stereocenters. The van der Waals surface area contributed by atoms with E-state index in [1.165, 1.54) is 0 Å². The molecule has 0 bridgehead atoms. The van der Waals surface area contributed by atoms with E-state index in [4.69, 9.17) is 15.6 Å². The maximum atomic E-state index is 10.5. The SMILES string of the molecule is NC(=O)CCN1CCOC(CO)C1. The van der Waals surface area contributed by atoms with Crippen molar-refractivity contribution in [2.24, 2.45) is 5.73 Å². The Labute approximate surface area is 77.5 Å². The summed E-state index contributed by atoms with van der Waals surface area (Å²) in [6.07, 6.45) is 0.264. The number of amides is 1. The van der Waals surface area contributed by atoms with Gasteiger partial charge in [-0.3, -0.25) is 9.69 Å². The van der Waals surface area contributed by atoms with Gasteiger partial charge in [-0.05, 0) is 0 Å². The van der Waals surface area contributed by atoms with Crippen LogP contribution in [0.5, 0.6) is 0 Å². The molecule has 1 saturated heterocycles. The van der Waals surface area contributed by atoms with Crippen molar-refractivity contribution in [1.82, 2.24) is 4.90 Å². The van der Waals surface area contributed by atoms with Crippen LogP contribution in [-0.4, -0.2) is 54.9 Å². The van der Waals surface area contributed by atoms with E-state index in [2.05, 4.69) is 4.90 Å². The summed E-state index contributed by atoms with van der Waals surface area (Å²) in [5, 5.41) is 8.84. The summed E-state index contributed by atoms with van der Waals surface area (Å²) in [4.78, 5) is 12.6. The lowest BCUT2D eigenvalue weighted by molar-refractivity contribution is -0.119. The van der Waals surface area contributed by atoms with Crippen molar-refractivity contribution in [3.05, 3.63) is 0 Å². The summed E-state index contributed by atoms with van der Waals surface area (Å²) in [5.41, 5.74) is 5.03. The first-order valence-electron chi connectivity index (χ1n) is 4.45. The molecule has 3 N–H and O–H groups in total. The molecule has 0 aromatic rings. The molecule has 1 fully saturated rings. The Balaban J connectivity index is 2.21. The van der Waals surface area contributed by atoms with E-state index < -0.39 is 0 Å². The van der Waals surface area contributed by atoms with Crippen LogP contribution in [0.3, 0.4) is 0 Å². The minimum absolute atomic E-state index is 0.0348. The third kappa shape index (κ3) is 3.71. The molecule has 5 nitrogen and oxygen atoms in total. The molecular formula is C8H16N2O3. The van der Waals surface area contributed by atoms with Crippen LogP contribution < -0.4 is 5.73 Å². The van der Waals surface area contributed by atoms with Gasteiger partial charge in [0, 0.05) is 26.1 Å². The van der Waals surface area contributed by atoms with Gasteiger partial charge < -0.3 is 15.6 Å². The highest BCUT2D eigenvalue weighted by atomic mass is 16.5. The van der Waals surface area contributed by atoms with Crippen LogP contribution in [-0.2, 0) is 9.53 Å². The number of aliphatic hydroxyl groups is 1. The molecule has 1 atom stereocenters. The Morgan fingerprint density at radius 3 is 3.08 bits per heavy atom. The van der Waals surface area contributed by atoms with Gasteiger partial charge in [-0.2, -0.15) is 0 Å². The number of nitrogens with two attached hydrogens (primary N) is 1. The predicted molar refractivity (Wildman–Crippen MR) is 47.1 cm³/mol. The Hall–Kier alpha value is -0.650. The quantitative estimate of drug-likeness (QED) is 0.566. The topological polar surface area (TPSA) is 75.8 Å². The zero-order chi connectivity index (χ0) is 9.68. The van der Waals surface area contributed by atoms with E-state index in [-0.39, 0.29) is 18.6 Å². The zero-order valence-electron chi connectivity index (χ0n) is 7.61. The Bertz CT molecular complexity index is 175. The van der Waals surface area contributed by atoms with E-state index in [1.807, 2.05) is 0 Å². The van der Waals surface area contributed by atoms with Gasteiger partial charge in [0.1, 0.15) is 0 Å². The summed E-state index contributed by atoms with van der Waals surface area (Å²) in [7, 11) is 0. The predicted octanol–water partition coefficient (Wildman–Crippen LogP) is -1.45. The number of nitrogens with zero attached hydrogens (tertiary/aromatic N) is 1. The molecule has 13 heavy (non-hydrogen) atoms. The summed E-state index contributed by atoms with van der Waals surface area (Å²) < 4.78 is 5.26. The van der Waals surface area contributed by atoms with Gasteiger partial charge in [0.15, 0.2) is 0 Å². The summed E-state index contributed by atoms with van der Waals surface area (Å²) in [5.74, 6) is -0.285. The van der Waals surface area contributed by atoms with Gasteiger partial charge in [0.2, 0.25) is 5.91 Å². The van der Waals surface area contributed by atoms with Crippen molar-refractivity contribution in [3.8, 4) is 0 Å². The molecule has 5 heteroatoms. The van der Waals surface area contributed by atoms with Crippen molar-refractivity contribution in [2.75, 3.05) is 32.8 Å². The summed E-state index contributed by atoms with van der Waals surface area (Å²) in [6, 6.07) is 0. The largest absolute Gasteiger partial charge is 0.394 e. The molecule has 1 aliphatic rings. The number of morpholine rings is 1. The van der Waals surface area contributed by atoms with E-state index in [0.29, 0.717) is 26.1 Å². The highest BCUT2D eigenvalue weighted by Crippen LogP contribution is 2.04. The first kappa shape index (κ1) is 10.4. The molecular weight excluding hydrogens is 172 g/mol. The van der Waals surface area contributed by atoms with Crippen molar-refractivity contribution in [1.29, 1.82) is 0 Å². The normalized spacial score (nSPS) is 24.5. The van der Waals surface area contributed by atoms with Crippen molar-refractivity contribution < 1.29 is 14.6 Å². The van der Waals surface area contributed by atoms with Crippen LogP contribution in [0.1, 0.15) is 6.42 Å². The highest BCUT2D eigenvalue weighted by molar-refractivity contribution is 5.73. The summed E-state index contributed by atoms with van der Waals surface area (Å²) >= 11 is 0. The molecule has 1 rings (SSSR count). The Morgan fingerprint density at radius 1 is 1.69 bits per heavy atom. The minimum Gasteiger partial charge on any atom is -0.394 e.